The number of aryl methyl sites for hydroxylation is 1. The number of hydrogen-bond donors (Lipinski definition) is 3. The third-order valence-corrected chi connectivity index (χ3v) is 8.77. The molecule has 10 nitrogen and oxygen atoms in total. The lowest BCUT2D eigenvalue weighted by atomic mass is 9.92. The minimum atomic E-state index is -0.846. The number of piperazine rings is 1. The summed E-state index contributed by atoms with van der Waals surface area (Å²) >= 11 is 1.88. The van der Waals surface area contributed by atoms with Gasteiger partial charge in [0.1, 0.15) is 28.6 Å². The van der Waals surface area contributed by atoms with Crippen LogP contribution in [-0.4, -0.2) is 109 Å². The number of carbonyl (C=O) groups excluding carboxylic acids is 1. The van der Waals surface area contributed by atoms with Gasteiger partial charge in [0, 0.05) is 32.7 Å². The number of amidine groups is 1. The summed E-state index contributed by atoms with van der Waals surface area (Å²) in [6.45, 7) is 9.28. The average Bonchev–Trinajstić information content (AvgIpc) is 3.60. The first-order chi connectivity index (χ1) is 22.6. The quantitative estimate of drug-likeness (QED) is 0.278. The number of para-hydroxylation sites is 1. The number of hydrogen-bond acceptors (Lipinski definition) is 9. The van der Waals surface area contributed by atoms with Crippen LogP contribution in [0.25, 0.3) is 0 Å². The molecule has 2 heterocycles. The molecule has 1 unspecified atom stereocenters. The summed E-state index contributed by atoms with van der Waals surface area (Å²) < 4.78 is 5.58. The lowest BCUT2D eigenvalue weighted by Gasteiger charge is -2.37. The van der Waals surface area contributed by atoms with Crippen LogP contribution in [0.5, 0.6) is 17.2 Å². The number of ether oxygens (including phenoxy) is 1. The number of phenolic OH excluding ortho intramolecular Hbond substituents is 2. The number of amides is 2. The first-order valence-electron chi connectivity index (χ1n) is 15.8. The number of rotatable bonds is 8. The monoisotopic (exact) mass is 660 g/mol. The van der Waals surface area contributed by atoms with E-state index in [2.05, 4.69) is 27.5 Å². The number of nitriles is 1. The molecule has 0 saturated carbocycles. The van der Waals surface area contributed by atoms with Gasteiger partial charge in [0.25, 0.3) is 0 Å². The van der Waals surface area contributed by atoms with Crippen LogP contribution in [-0.2, 0) is 5.54 Å². The van der Waals surface area contributed by atoms with Crippen molar-refractivity contribution in [2.45, 2.75) is 25.8 Å². The number of nitrogens with one attached hydrogen (secondary N) is 1. The maximum Gasteiger partial charge on any atom is 0.325 e. The molecule has 11 heteroatoms. The number of aromatic hydroxyl groups is 2. The van der Waals surface area contributed by atoms with Gasteiger partial charge in [-0.25, -0.2) is 4.79 Å². The van der Waals surface area contributed by atoms with Crippen molar-refractivity contribution in [3.8, 4) is 23.3 Å². The Kier molecular flexibility index (Phi) is 14.9. The van der Waals surface area contributed by atoms with E-state index in [4.69, 9.17) is 14.9 Å². The smallest absolute Gasteiger partial charge is 0.325 e. The molecule has 2 aliphatic heterocycles. The number of carbonyl (C=O) groups is 1. The largest absolute Gasteiger partial charge is 0.508 e. The number of nitrogens with zero attached hydrogens (tertiary/aromatic N) is 5. The van der Waals surface area contributed by atoms with E-state index in [1.165, 1.54) is 17.7 Å². The van der Waals surface area contributed by atoms with Crippen molar-refractivity contribution in [3.63, 3.8) is 0 Å². The number of thioether (sulfide) groups is 1. The zero-order valence-electron chi connectivity index (χ0n) is 28.1. The minimum absolute atomic E-state index is 0.00543. The first-order valence-corrected chi connectivity index (χ1v) is 17.2. The Labute approximate surface area is 283 Å². The molecule has 3 N–H and O–H groups in total. The Morgan fingerprint density at radius 2 is 1.68 bits per heavy atom. The van der Waals surface area contributed by atoms with Crippen LogP contribution in [0.15, 0.2) is 77.8 Å². The highest BCUT2D eigenvalue weighted by Crippen LogP contribution is 2.29. The van der Waals surface area contributed by atoms with Crippen LogP contribution < -0.4 is 10.1 Å². The molecular formula is C36H48N6O4S. The summed E-state index contributed by atoms with van der Waals surface area (Å²) in [4.78, 5) is 24.2. The highest BCUT2D eigenvalue weighted by atomic mass is 32.2. The third kappa shape index (κ3) is 10.9. The van der Waals surface area contributed by atoms with Crippen LogP contribution in [0.3, 0.4) is 0 Å². The normalized spacial score (nSPS) is 15.6. The van der Waals surface area contributed by atoms with Crippen molar-refractivity contribution in [2.75, 3.05) is 72.0 Å². The van der Waals surface area contributed by atoms with Crippen LogP contribution in [0.2, 0.25) is 0 Å². The van der Waals surface area contributed by atoms with Crippen molar-refractivity contribution < 1.29 is 19.7 Å². The van der Waals surface area contributed by atoms with Crippen LogP contribution >= 0.6 is 11.8 Å². The van der Waals surface area contributed by atoms with Gasteiger partial charge < -0.3 is 19.8 Å². The van der Waals surface area contributed by atoms with Crippen molar-refractivity contribution in [3.05, 3.63) is 89.5 Å². The molecule has 0 aliphatic carbocycles. The van der Waals surface area contributed by atoms with E-state index in [1.54, 1.807) is 55.5 Å². The summed E-state index contributed by atoms with van der Waals surface area (Å²) in [5.74, 6) is 3.08. The van der Waals surface area contributed by atoms with Gasteiger partial charge >= 0.3 is 6.03 Å². The van der Waals surface area contributed by atoms with E-state index in [9.17, 15) is 10.1 Å². The van der Waals surface area contributed by atoms with Crippen molar-refractivity contribution >= 4 is 23.6 Å². The second-order valence-corrected chi connectivity index (χ2v) is 12.4. The SMILES string of the molecule is CNC(C)(C#N)c1ccc(OC)c(C2=NCCN2C(=O)N2CCN(CCCSC)CC2)c1.Cc1ccc(O)cc1.Oc1ccccc1. The molecular weight excluding hydrogens is 613 g/mol. The van der Waals surface area contributed by atoms with E-state index in [0.29, 0.717) is 36.2 Å². The van der Waals surface area contributed by atoms with Gasteiger partial charge in [-0.15, -0.1) is 0 Å². The van der Waals surface area contributed by atoms with E-state index in [0.717, 1.165) is 43.9 Å². The fraction of sp³-hybridized carbons (Fsp3) is 0.417. The Bertz CT molecular complexity index is 1450. The maximum atomic E-state index is 13.4. The third-order valence-electron chi connectivity index (χ3n) is 8.07. The van der Waals surface area contributed by atoms with Crippen molar-refractivity contribution in [1.82, 2.24) is 20.0 Å². The highest BCUT2D eigenvalue weighted by Gasteiger charge is 2.33. The molecule has 1 atom stereocenters. The molecule has 5 rings (SSSR count). The van der Waals surface area contributed by atoms with Gasteiger partial charge in [-0.3, -0.25) is 20.1 Å². The molecule has 2 amide bonds. The first kappa shape index (κ1) is 37.2. The molecule has 0 aromatic heterocycles. The van der Waals surface area contributed by atoms with Gasteiger partial charge in [-0.2, -0.15) is 17.0 Å². The van der Waals surface area contributed by atoms with Gasteiger partial charge in [-0.1, -0.05) is 42.0 Å². The second-order valence-electron chi connectivity index (χ2n) is 11.4. The Morgan fingerprint density at radius 3 is 2.21 bits per heavy atom. The zero-order valence-corrected chi connectivity index (χ0v) is 29.0. The molecule has 0 spiro atoms. The number of phenols is 2. The van der Waals surface area contributed by atoms with Crippen LogP contribution in [0.1, 0.15) is 30.0 Å². The number of urea groups is 1. The van der Waals surface area contributed by atoms with Crippen LogP contribution in [0.4, 0.5) is 4.79 Å². The van der Waals surface area contributed by atoms with E-state index in [-0.39, 0.29) is 6.03 Å². The molecule has 252 valence electrons. The van der Waals surface area contributed by atoms with Gasteiger partial charge in [0.05, 0.1) is 25.3 Å². The Balaban J connectivity index is 0.000000324. The van der Waals surface area contributed by atoms with Crippen molar-refractivity contribution in [2.24, 2.45) is 4.99 Å². The molecule has 2 aliphatic rings. The molecule has 3 aromatic carbocycles. The molecule has 0 radical (unpaired) electrons. The predicted molar refractivity (Wildman–Crippen MR) is 190 cm³/mol. The standard InChI is InChI=1S/C23H34N6O2S.C7H8O.C6H6O/c1-23(17-24,25-2)18-6-7-20(31-3)19(16-18)21-26-8-10-29(21)22(30)28-13-11-27(12-14-28)9-5-15-32-4;1-6-2-4-7(8)5-3-6;7-6-4-2-1-3-5-6/h6-7,16,25H,5,8-15H2,1-4H3;2-5,8H,1H3;1-5,7H. The summed E-state index contributed by atoms with van der Waals surface area (Å²) in [6.07, 6.45) is 3.32. The summed E-state index contributed by atoms with van der Waals surface area (Å²) in [5, 5.41) is 30.1. The number of methoxy groups -OCH3 is 1. The van der Waals surface area contributed by atoms with Crippen LogP contribution in [0, 0.1) is 18.3 Å². The fourth-order valence-corrected chi connectivity index (χ4v) is 5.48. The molecule has 1 fully saturated rings. The number of aliphatic imine (C=N–C) groups is 1. The van der Waals surface area contributed by atoms with E-state index >= 15 is 0 Å². The van der Waals surface area contributed by atoms with E-state index in [1.807, 2.05) is 66.9 Å². The average molecular weight is 661 g/mol. The Hall–Kier alpha value is -4.24. The van der Waals surface area contributed by atoms with E-state index < -0.39 is 5.54 Å². The molecule has 1 saturated heterocycles. The predicted octanol–water partition coefficient (Wildman–Crippen LogP) is 5.30. The Morgan fingerprint density at radius 1 is 1.02 bits per heavy atom. The second kappa shape index (κ2) is 18.8. The lowest BCUT2D eigenvalue weighted by Crippen LogP contribution is -2.53. The topological polar surface area (TPSA) is 125 Å². The maximum absolute atomic E-state index is 13.4. The molecule has 47 heavy (non-hydrogen) atoms. The van der Waals surface area contributed by atoms with Gasteiger partial charge in [-0.05, 0) is 87.8 Å². The van der Waals surface area contributed by atoms with Crippen molar-refractivity contribution in [1.29, 1.82) is 5.26 Å². The summed E-state index contributed by atoms with van der Waals surface area (Å²) in [5.41, 5.74) is 1.87. The summed E-state index contributed by atoms with van der Waals surface area (Å²) in [7, 11) is 3.37. The zero-order chi connectivity index (χ0) is 34.2. The van der Waals surface area contributed by atoms with Gasteiger partial charge in [0.15, 0.2) is 0 Å². The van der Waals surface area contributed by atoms with Gasteiger partial charge in [0.2, 0.25) is 0 Å². The number of benzene rings is 3. The minimum Gasteiger partial charge on any atom is -0.508 e. The highest BCUT2D eigenvalue weighted by molar-refractivity contribution is 7.98. The lowest BCUT2D eigenvalue weighted by molar-refractivity contribution is 0.127. The summed E-state index contributed by atoms with van der Waals surface area (Å²) in [6, 6.07) is 23.7. The molecule has 3 aromatic rings. The fourth-order valence-electron chi connectivity index (χ4n) is 5.06. The molecule has 0 bridgehead atoms.